The highest BCUT2D eigenvalue weighted by molar-refractivity contribution is 14.1. The molecule has 0 unspecified atom stereocenters. The summed E-state index contributed by atoms with van der Waals surface area (Å²) in [6, 6.07) is 7.18. The molecule has 0 aliphatic rings. The fourth-order valence-corrected chi connectivity index (χ4v) is 2.41. The maximum absolute atomic E-state index is 11.8. The molecule has 0 aliphatic carbocycles. The van der Waals surface area contributed by atoms with Crippen molar-refractivity contribution in [3.05, 3.63) is 51.0 Å². The van der Waals surface area contributed by atoms with E-state index in [-0.39, 0.29) is 12.5 Å². The number of amides is 1. The van der Waals surface area contributed by atoms with Crippen LogP contribution in [0.5, 0.6) is 0 Å². The highest BCUT2D eigenvalue weighted by Crippen LogP contribution is 2.17. The van der Waals surface area contributed by atoms with Gasteiger partial charge in [-0.25, -0.2) is 4.79 Å². The summed E-state index contributed by atoms with van der Waals surface area (Å²) < 4.78 is 11.1. The van der Waals surface area contributed by atoms with Gasteiger partial charge < -0.3 is 14.5 Å². The first kappa shape index (κ1) is 15.6. The molecule has 0 spiro atoms. The molecule has 1 aromatic carbocycles. The molecule has 2 rings (SSSR count). The molecule has 1 aromatic heterocycles. The van der Waals surface area contributed by atoms with Crippen LogP contribution in [0.3, 0.4) is 0 Å². The van der Waals surface area contributed by atoms with E-state index in [0.29, 0.717) is 17.0 Å². The van der Waals surface area contributed by atoms with E-state index in [1.54, 1.807) is 6.92 Å². The Morgan fingerprint density at radius 1 is 1.29 bits per heavy atom. The van der Waals surface area contributed by atoms with E-state index in [2.05, 4.69) is 27.9 Å². The van der Waals surface area contributed by atoms with E-state index in [1.807, 2.05) is 25.1 Å². The molecule has 0 saturated heterocycles. The van der Waals surface area contributed by atoms with Gasteiger partial charge >= 0.3 is 5.97 Å². The number of anilines is 1. The molecule has 2 aromatic rings. The SMILES string of the molecule is Cc1cc(I)ccc1NC(=O)COC(=O)c1ccoc1C. The minimum absolute atomic E-state index is 0.327. The number of furan rings is 1. The summed E-state index contributed by atoms with van der Waals surface area (Å²) in [5, 5.41) is 2.71. The van der Waals surface area contributed by atoms with E-state index in [1.165, 1.54) is 12.3 Å². The number of aryl methyl sites for hydroxylation is 2. The predicted octanol–water partition coefficient (Wildman–Crippen LogP) is 3.30. The van der Waals surface area contributed by atoms with Crippen molar-refractivity contribution in [1.82, 2.24) is 0 Å². The van der Waals surface area contributed by atoms with E-state index in [9.17, 15) is 9.59 Å². The summed E-state index contributed by atoms with van der Waals surface area (Å²) >= 11 is 2.20. The van der Waals surface area contributed by atoms with Crippen molar-refractivity contribution >= 4 is 40.2 Å². The van der Waals surface area contributed by atoms with Crippen LogP contribution in [0.4, 0.5) is 5.69 Å². The molecule has 110 valence electrons. The first-order valence-corrected chi connectivity index (χ1v) is 7.32. The largest absolute Gasteiger partial charge is 0.469 e. The van der Waals surface area contributed by atoms with Gasteiger partial charge in [-0.3, -0.25) is 4.79 Å². The van der Waals surface area contributed by atoms with Gasteiger partial charge in [-0.1, -0.05) is 0 Å². The lowest BCUT2D eigenvalue weighted by Gasteiger charge is -2.09. The molecular weight excluding hydrogens is 385 g/mol. The maximum atomic E-state index is 11.8. The summed E-state index contributed by atoms with van der Waals surface area (Å²) in [7, 11) is 0. The van der Waals surface area contributed by atoms with Crippen molar-refractivity contribution in [3.8, 4) is 0 Å². The topological polar surface area (TPSA) is 68.5 Å². The number of hydrogen-bond donors (Lipinski definition) is 1. The third-order valence-corrected chi connectivity index (χ3v) is 3.55. The third kappa shape index (κ3) is 4.07. The van der Waals surface area contributed by atoms with Crippen LogP contribution in [0.2, 0.25) is 0 Å². The van der Waals surface area contributed by atoms with Crippen molar-refractivity contribution in [3.63, 3.8) is 0 Å². The second-order valence-corrected chi connectivity index (χ2v) is 5.72. The van der Waals surface area contributed by atoms with Gasteiger partial charge in [0.1, 0.15) is 11.3 Å². The predicted molar refractivity (Wildman–Crippen MR) is 86.3 cm³/mol. The van der Waals surface area contributed by atoms with E-state index >= 15 is 0 Å². The summed E-state index contributed by atoms with van der Waals surface area (Å²) in [5.41, 5.74) is 1.98. The van der Waals surface area contributed by atoms with E-state index < -0.39 is 5.97 Å². The van der Waals surface area contributed by atoms with Crippen molar-refractivity contribution in [2.24, 2.45) is 0 Å². The monoisotopic (exact) mass is 399 g/mol. The molecule has 1 amide bonds. The lowest BCUT2D eigenvalue weighted by molar-refractivity contribution is -0.119. The third-order valence-electron chi connectivity index (χ3n) is 2.88. The smallest absolute Gasteiger partial charge is 0.342 e. The summed E-state index contributed by atoms with van der Waals surface area (Å²) in [6.07, 6.45) is 1.40. The molecule has 1 heterocycles. The molecule has 0 bridgehead atoms. The van der Waals surface area contributed by atoms with Crippen LogP contribution in [0.15, 0.2) is 34.9 Å². The Hall–Kier alpha value is -1.83. The Bertz CT molecular complexity index is 678. The summed E-state index contributed by atoms with van der Waals surface area (Å²) in [6.45, 7) is 3.22. The minimum atomic E-state index is -0.573. The summed E-state index contributed by atoms with van der Waals surface area (Å²) in [5.74, 6) is -0.488. The zero-order valence-corrected chi connectivity index (χ0v) is 13.8. The lowest BCUT2D eigenvalue weighted by atomic mass is 10.2. The van der Waals surface area contributed by atoms with Crippen LogP contribution < -0.4 is 5.32 Å². The Labute approximate surface area is 135 Å². The van der Waals surface area contributed by atoms with E-state index in [0.717, 1.165) is 9.13 Å². The van der Waals surface area contributed by atoms with Gasteiger partial charge in [0.25, 0.3) is 5.91 Å². The Kier molecular flexibility index (Phi) is 5.00. The second-order valence-electron chi connectivity index (χ2n) is 4.47. The van der Waals surface area contributed by atoms with Crippen LogP contribution in [-0.2, 0) is 9.53 Å². The van der Waals surface area contributed by atoms with Crippen LogP contribution >= 0.6 is 22.6 Å². The number of benzene rings is 1. The highest BCUT2D eigenvalue weighted by Gasteiger charge is 2.15. The fraction of sp³-hybridized carbons (Fsp3) is 0.200. The molecular formula is C15H14INO4. The number of rotatable bonds is 4. The molecule has 1 N–H and O–H groups in total. The van der Waals surface area contributed by atoms with Gasteiger partial charge in [-0.05, 0) is 66.3 Å². The van der Waals surface area contributed by atoms with Crippen molar-refractivity contribution in [2.45, 2.75) is 13.8 Å². The molecule has 5 nitrogen and oxygen atoms in total. The molecule has 6 heteroatoms. The van der Waals surface area contributed by atoms with Gasteiger partial charge in [0.15, 0.2) is 6.61 Å². The molecule has 21 heavy (non-hydrogen) atoms. The molecule has 0 fully saturated rings. The van der Waals surface area contributed by atoms with E-state index in [4.69, 9.17) is 9.15 Å². The van der Waals surface area contributed by atoms with Gasteiger partial charge in [0.05, 0.1) is 6.26 Å². The first-order valence-electron chi connectivity index (χ1n) is 6.24. The minimum Gasteiger partial charge on any atom is -0.469 e. The maximum Gasteiger partial charge on any atom is 0.342 e. The Morgan fingerprint density at radius 3 is 2.67 bits per heavy atom. The number of carbonyl (C=O) groups excluding carboxylic acids is 2. The molecule has 0 aliphatic heterocycles. The number of hydrogen-bond acceptors (Lipinski definition) is 4. The van der Waals surface area contributed by atoms with Crippen LogP contribution in [-0.4, -0.2) is 18.5 Å². The fourth-order valence-electron chi connectivity index (χ4n) is 1.76. The molecule has 0 saturated carbocycles. The number of carbonyl (C=O) groups is 2. The number of esters is 1. The number of nitrogens with one attached hydrogen (secondary N) is 1. The van der Waals surface area contributed by atoms with Crippen molar-refractivity contribution < 1.29 is 18.7 Å². The average Bonchev–Trinajstić information content (AvgIpc) is 2.85. The number of halogens is 1. The molecule has 0 atom stereocenters. The average molecular weight is 399 g/mol. The Morgan fingerprint density at radius 2 is 2.05 bits per heavy atom. The van der Waals surface area contributed by atoms with Gasteiger partial charge in [0, 0.05) is 9.26 Å². The van der Waals surface area contributed by atoms with Crippen molar-refractivity contribution in [2.75, 3.05) is 11.9 Å². The zero-order valence-electron chi connectivity index (χ0n) is 11.6. The van der Waals surface area contributed by atoms with Gasteiger partial charge in [0.2, 0.25) is 0 Å². The van der Waals surface area contributed by atoms with Crippen LogP contribution in [0, 0.1) is 17.4 Å². The molecule has 0 radical (unpaired) electrons. The lowest BCUT2D eigenvalue weighted by Crippen LogP contribution is -2.21. The van der Waals surface area contributed by atoms with Gasteiger partial charge in [-0.2, -0.15) is 0 Å². The van der Waals surface area contributed by atoms with Gasteiger partial charge in [-0.15, -0.1) is 0 Å². The summed E-state index contributed by atoms with van der Waals surface area (Å²) in [4.78, 5) is 23.5. The Balaban J connectivity index is 1.90. The van der Waals surface area contributed by atoms with Crippen molar-refractivity contribution in [1.29, 1.82) is 0 Å². The normalized spacial score (nSPS) is 10.2. The zero-order chi connectivity index (χ0) is 15.4. The first-order chi connectivity index (χ1) is 9.97. The highest BCUT2D eigenvalue weighted by atomic mass is 127. The number of ether oxygens (including phenoxy) is 1. The quantitative estimate of drug-likeness (QED) is 0.633. The second kappa shape index (κ2) is 6.75. The van der Waals surface area contributed by atoms with Crippen LogP contribution in [0.25, 0.3) is 0 Å². The van der Waals surface area contributed by atoms with Crippen LogP contribution in [0.1, 0.15) is 21.7 Å². The standard InChI is InChI=1S/C15H14INO4/c1-9-7-11(16)3-4-13(9)17-14(18)8-21-15(19)12-5-6-20-10(12)2/h3-7H,8H2,1-2H3,(H,17,18).